The molecule has 0 radical (unpaired) electrons. The van der Waals surface area contributed by atoms with Crippen molar-refractivity contribution < 1.29 is 17.9 Å². The van der Waals surface area contributed by atoms with Crippen LogP contribution in [0.15, 0.2) is 54.6 Å². The molecule has 3 rings (SSSR count). The maximum absolute atomic E-state index is 12.3. The SMILES string of the molecule is CCCCCCCCOC(=O)NS(=O)(=O)Nc1cccc(-c2cc3ccccc3[nH]2)c1. The Balaban J connectivity index is 1.53. The standard InChI is InChI=1S/C23H29N3O4S/c1-2-3-4-5-6-9-15-30-23(27)26-31(28,29)25-20-13-10-12-18(16-20)22-17-19-11-7-8-14-21(19)24-22/h7-8,10-14,16-17,24-25H,2-6,9,15H2,1H3,(H,26,27). The summed E-state index contributed by atoms with van der Waals surface area (Å²) in [5.41, 5.74) is 3.03. The highest BCUT2D eigenvalue weighted by molar-refractivity contribution is 7.91. The number of nitrogens with one attached hydrogen (secondary N) is 3. The van der Waals surface area contributed by atoms with E-state index in [1.54, 1.807) is 18.2 Å². The molecule has 31 heavy (non-hydrogen) atoms. The van der Waals surface area contributed by atoms with E-state index in [4.69, 9.17) is 4.74 Å². The highest BCUT2D eigenvalue weighted by Gasteiger charge is 2.16. The number of carbonyl (C=O) groups is 1. The summed E-state index contributed by atoms with van der Waals surface area (Å²) in [6.45, 7) is 2.35. The Morgan fingerprint density at radius 1 is 0.968 bits per heavy atom. The molecule has 1 amide bonds. The van der Waals surface area contributed by atoms with E-state index in [9.17, 15) is 13.2 Å². The summed E-state index contributed by atoms with van der Waals surface area (Å²) >= 11 is 0. The van der Waals surface area contributed by atoms with Crippen LogP contribution in [-0.2, 0) is 14.9 Å². The summed E-state index contributed by atoms with van der Waals surface area (Å²) in [5, 5.41) is 1.07. The lowest BCUT2D eigenvalue weighted by Crippen LogP contribution is -2.35. The third kappa shape index (κ3) is 7.03. The van der Waals surface area contributed by atoms with Crippen LogP contribution in [0.2, 0.25) is 0 Å². The Labute approximate surface area is 183 Å². The van der Waals surface area contributed by atoms with Crippen LogP contribution < -0.4 is 9.44 Å². The van der Waals surface area contributed by atoms with Gasteiger partial charge in [-0.15, -0.1) is 0 Å². The van der Waals surface area contributed by atoms with Gasteiger partial charge in [0, 0.05) is 22.2 Å². The smallest absolute Gasteiger partial charge is 0.422 e. The molecule has 0 saturated heterocycles. The number of carbonyl (C=O) groups excluding carboxylic acids is 1. The molecule has 0 bridgehead atoms. The highest BCUT2D eigenvalue weighted by Crippen LogP contribution is 2.26. The fourth-order valence-electron chi connectivity index (χ4n) is 3.35. The van der Waals surface area contributed by atoms with Crippen LogP contribution in [0, 0.1) is 0 Å². The van der Waals surface area contributed by atoms with Gasteiger partial charge < -0.3 is 9.72 Å². The summed E-state index contributed by atoms with van der Waals surface area (Å²) in [5.74, 6) is 0. The van der Waals surface area contributed by atoms with Gasteiger partial charge >= 0.3 is 16.3 Å². The predicted molar refractivity (Wildman–Crippen MR) is 124 cm³/mol. The molecule has 1 heterocycles. The average Bonchev–Trinajstić information content (AvgIpc) is 3.17. The molecule has 2 aromatic carbocycles. The van der Waals surface area contributed by atoms with Crippen molar-refractivity contribution in [3.8, 4) is 11.3 Å². The van der Waals surface area contributed by atoms with E-state index in [2.05, 4.69) is 16.6 Å². The second kappa shape index (κ2) is 10.9. The Morgan fingerprint density at radius 2 is 1.74 bits per heavy atom. The first-order chi connectivity index (χ1) is 15.0. The number of hydrogen-bond acceptors (Lipinski definition) is 4. The van der Waals surface area contributed by atoms with Crippen LogP contribution in [-0.4, -0.2) is 26.1 Å². The average molecular weight is 444 g/mol. The third-order valence-electron chi connectivity index (χ3n) is 4.90. The van der Waals surface area contributed by atoms with E-state index in [0.29, 0.717) is 5.69 Å². The van der Waals surface area contributed by atoms with Gasteiger partial charge in [0.1, 0.15) is 0 Å². The number of aromatic amines is 1. The first-order valence-corrected chi connectivity index (χ1v) is 12.1. The summed E-state index contributed by atoms with van der Waals surface area (Å²) in [7, 11) is -4.10. The lowest BCUT2D eigenvalue weighted by atomic mass is 10.1. The lowest BCUT2D eigenvalue weighted by molar-refractivity contribution is 0.150. The molecule has 0 aliphatic carbocycles. The second-order valence-electron chi connectivity index (χ2n) is 7.46. The van der Waals surface area contributed by atoms with Crippen molar-refractivity contribution in [3.63, 3.8) is 0 Å². The summed E-state index contributed by atoms with van der Waals surface area (Å²) in [6.07, 6.45) is 5.33. The number of hydrogen-bond donors (Lipinski definition) is 3. The van der Waals surface area contributed by atoms with Gasteiger partial charge in [0.25, 0.3) is 0 Å². The van der Waals surface area contributed by atoms with Crippen molar-refractivity contribution in [2.75, 3.05) is 11.3 Å². The van der Waals surface area contributed by atoms with Gasteiger partial charge in [0.05, 0.1) is 12.3 Å². The van der Waals surface area contributed by atoms with E-state index in [1.165, 1.54) is 19.3 Å². The van der Waals surface area contributed by atoms with Crippen molar-refractivity contribution in [1.82, 2.24) is 9.71 Å². The second-order valence-corrected chi connectivity index (χ2v) is 8.88. The van der Waals surface area contributed by atoms with Crippen LogP contribution >= 0.6 is 0 Å². The van der Waals surface area contributed by atoms with Gasteiger partial charge in [-0.05, 0) is 30.7 Å². The Bertz CT molecular complexity index is 1080. The number of H-pyrrole nitrogens is 1. The molecule has 0 aliphatic rings. The first-order valence-electron chi connectivity index (χ1n) is 10.6. The number of benzene rings is 2. The summed E-state index contributed by atoms with van der Waals surface area (Å²) in [4.78, 5) is 15.1. The maximum Gasteiger partial charge on any atom is 0.422 e. The topological polar surface area (TPSA) is 100 Å². The lowest BCUT2D eigenvalue weighted by Gasteiger charge is -2.11. The molecule has 0 saturated carbocycles. The first kappa shape index (κ1) is 22.7. The number of aromatic nitrogens is 1. The van der Waals surface area contributed by atoms with Gasteiger partial charge in [0.2, 0.25) is 0 Å². The highest BCUT2D eigenvalue weighted by atomic mass is 32.2. The molecule has 0 fully saturated rings. The van der Waals surface area contributed by atoms with Crippen molar-refractivity contribution >= 4 is 32.9 Å². The number of anilines is 1. The van der Waals surface area contributed by atoms with E-state index >= 15 is 0 Å². The van der Waals surface area contributed by atoms with Gasteiger partial charge in [-0.2, -0.15) is 8.42 Å². The van der Waals surface area contributed by atoms with E-state index in [0.717, 1.165) is 41.4 Å². The number of unbranched alkanes of at least 4 members (excludes halogenated alkanes) is 5. The molecule has 0 atom stereocenters. The number of ether oxygens (including phenoxy) is 1. The zero-order chi connectivity index (χ0) is 22.1. The zero-order valence-corrected chi connectivity index (χ0v) is 18.5. The van der Waals surface area contributed by atoms with Gasteiger partial charge in [-0.3, -0.25) is 4.72 Å². The molecule has 0 spiro atoms. The molecule has 1 aromatic heterocycles. The fourth-order valence-corrected chi connectivity index (χ4v) is 4.11. The van der Waals surface area contributed by atoms with Crippen molar-refractivity contribution in [3.05, 3.63) is 54.6 Å². The van der Waals surface area contributed by atoms with Crippen molar-refractivity contribution in [2.24, 2.45) is 0 Å². The largest absolute Gasteiger partial charge is 0.449 e. The van der Waals surface area contributed by atoms with Gasteiger partial charge in [-0.25, -0.2) is 9.52 Å². The molecule has 0 aliphatic heterocycles. The molecular formula is C23H29N3O4S. The van der Waals surface area contributed by atoms with E-state index < -0.39 is 16.3 Å². The molecule has 3 N–H and O–H groups in total. The van der Waals surface area contributed by atoms with Crippen LogP contribution in [0.25, 0.3) is 22.2 Å². The minimum absolute atomic E-state index is 0.198. The third-order valence-corrected chi connectivity index (χ3v) is 5.84. The Morgan fingerprint density at radius 3 is 2.55 bits per heavy atom. The van der Waals surface area contributed by atoms with Crippen molar-refractivity contribution in [1.29, 1.82) is 0 Å². The number of amides is 1. The van der Waals surface area contributed by atoms with Crippen molar-refractivity contribution in [2.45, 2.75) is 45.4 Å². The van der Waals surface area contributed by atoms with E-state index in [1.807, 2.05) is 41.1 Å². The molecule has 8 heteroatoms. The number of rotatable bonds is 11. The van der Waals surface area contributed by atoms with Gasteiger partial charge in [0.15, 0.2) is 0 Å². The van der Waals surface area contributed by atoms with Crippen LogP contribution in [0.1, 0.15) is 45.4 Å². The zero-order valence-electron chi connectivity index (χ0n) is 17.7. The monoisotopic (exact) mass is 443 g/mol. The Kier molecular flexibility index (Phi) is 7.94. The van der Waals surface area contributed by atoms with Gasteiger partial charge in [-0.1, -0.05) is 69.4 Å². The molecule has 0 unspecified atom stereocenters. The maximum atomic E-state index is 12.3. The van der Waals surface area contributed by atoms with Crippen LogP contribution in [0.3, 0.4) is 0 Å². The quantitative estimate of drug-likeness (QED) is 0.337. The Hall–Kier alpha value is -3.00. The number of fused-ring (bicyclic) bond motifs is 1. The fraction of sp³-hybridized carbons (Fsp3) is 0.348. The molecule has 166 valence electrons. The minimum Gasteiger partial charge on any atom is -0.449 e. The normalized spacial score (nSPS) is 11.4. The van der Waals surface area contributed by atoms with Crippen LogP contribution in [0.5, 0.6) is 0 Å². The molecular weight excluding hydrogens is 414 g/mol. The van der Waals surface area contributed by atoms with E-state index in [-0.39, 0.29) is 6.61 Å². The van der Waals surface area contributed by atoms with Crippen LogP contribution in [0.4, 0.5) is 10.5 Å². The summed E-state index contributed by atoms with van der Waals surface area (Å²) < 4.78 is 33.8. The summed E-state index contributed by atoms with van der Waals surface area (Å²) in [6, 6.07) is 16.8. The minimum atomic E-state index is -4.10. The molecule has 7 nitrogen and oxygen atoms in total. The number of para-hydroxylation sites is 1. The molecule has 3 aromatic rings. The predicted octanol–water partition coefficient (Wildman–Crippen LogP) is 5.58.